The maximum absolute atomic E-state index is 12.6. The number of benzene rings is 1. The number of methoxy groups -OCH3 is 1. The van der Waals surface area contributed by atoms with Crippen molar-refractivity contribution in [2.75, 3.05) is 13.7 Å². The Morgan fingerprint density at radius 1 is 1.19 bits per heavy atom. The highest BCUT2D eigenvalue weighted by molar-refractivity contribution is 5.88. The van der Waals surface area contributed by atoms with Crippen molar-refractivity contribution in [2.24, 2.45) is 0 Å². The lowest BCUT2D eigenvalue weighted by Gasteiger charge is -2.26. The van der Waals surface area contributed by atoms with Gasteiger partial charge in [-0.3, -0.25) is 4.90 Å². The third-order valence-electron chi connectivity index (χ3n) is 5.47. The summed E-state index contributed by atoms with van der Waals surface area (Å²) in [6, 6.07) is 6.73. The van der Waals surface area contributed by atoms with E-state index in [9.17, 15) is 14.7 Å². The number of rotatable bonds is 5. The maximum Gasteiger partial charge on any atom is 0.411 e. The van der Waals surface area contributed by atoms with E-state index in [2.05, 4.69) is 6.07 Å². The molecule has 166 valence electrons. The fourth-order valence-electron chi connectivity index (χ4n) is 3.83. The molecule has 0 spiro atoms. The van der Waals surface area contributed by atoms with Gasteiger partial charge in [0.05, 0.1) is 13.7 Å². The third-order valence-corrected chi connectivity index (χ3v) is 5.47. The normalized spacial score (nSPS) is 21.2. The van der Waals surface area contributed by atoms with Gasteiger partial charge < -0.3 is 19.3 Å². The number of amides is 1. The van der Waals surface area contributed by atoms with Gasteiger partial charge in [-0.25, -0.2) is 14.6 Å². The van der Waals surface area contributed by atoms with Gasteiger partial charge in [-0.05, 0) is 63.3 Å². The minimum atomic E-state index is -1.08. The molecule has 8 heteroatoms. The van der Waals surface area contributed by atoms with Gasteiger partial charge in [-0.2, -0.15) is 0 Å². The number of likely N-dealkylation sites (tertiary alicyclic amines) is 1. The molecule has 1 saturated heterocycles. The Morgan fingerprint density at radius 3 is 2.55 bits per heavy atom. The van der Waals surface area contributed by atoms with E-state index in [-0.39, 0.29) is 13.0 Å². The molecule has 2 aromatic rings. The molecule has 1 amide bonds. The highest BCUT2D eigenvalue weighted by Gasteiger charge is 2.43. The summed E-state index contributed by atoms with van der Waals surface area (Å²) < 4.78 is 16.9. The van der Waals surface area contributed by atoms with Crippen molar-refractivity contribution in [1.82, 2.24) is 9.88 Å². The second-order valence-corrected chi connectivity index (χ2v) is 9.18. The number of pyridine rings is 1. The molecular weight excluding hydrogens is 400 g/mol. The van der Waals surface area contributed by atoms with Crippen LogP contribution in [-0.4, -0.2) is 58.5 Å². The molecular formula is C23H28N2O6. The van der Waals surface area contributed by atoms with Crippen molar-refractivity contribution in [3.05, 3.63) is 30.0 Å². The number of ether oxygens (including phenoxy) is 3. The molecule has 1 aliphatic heterocycles. The predicted octanol–water partition coefficient (Wildman–Crippen LogP) is 3.96. The molecule has 2 fully saturated rings. The van der Waals surface area contributed by atoms with Crippen molar-refractivity contribution < 1.29 is 28.9 Å². The van der Waals surface area contributed by atoms with Gasteiger partial charge >= 0.3 is 12.1 Å². The second-order valence-electron chi connectivity index (χ2n) is 9.18. The van der Waals surface area contributed by atoms with Crippen LogP contribution < -0.4 is 9.47 Å². The Morgan fingerprint density at radius 2 is 1.94 bits per heavy atom. The molecule has 1 N–H and O–H groups in total. The van der Waals surface area contributed by atoms with Crippen LogP contribution in [0.5, 0.6) is 11.6 Å². The Labute approximate surface area is 181 Å². The Bertz CT molecular complexity index is 1010. The van der Waals surface area contributed by atoms with Gasteiger partial charge in [0.25, 0.3) is 0 Å². The maximum atomic E-state index is 12.6. The number of aliphatic carboxylic acids is 1. The zero-order valence-corrected chi connectivity index (χ0v) is 18.3. The van der Waals surface area contributed by atoms with Gasteiger partial charge in [-0.15, -0.1) is 0 Å². The number of hydrogen-bond donors (Lipinski definition) is 1. The number of carbonyl (C=O) groups excluding carboxylic acids is 1. The first-order valence-corrected chi connectivity index (χ1v) is 10.5. The molecule has 0 radical (unpaired) electrons. The minimum Gasteiger partial charge on any atom is -0.497 e. The third kappa shape index (κ3) is 4.68. The highest BCUT2D eigenvalue weighted by Crippen LogP contribution is 2.42. The van der Waals surface area contributed by atoms with Crippen molar-refractivity contribution in [2.45, 2.75) is 63.7 Å². The largest absolute Gasteiger partial charge is 0.497 e. The molecule has 2 heterocycles. The van der Waals surface area contributed by atoms with E-state index in [0.717, 1.165) is 35.1 Å². The lowest BCUT2D eigenvalue weighted by molar-refractivity contribution is -0.142. The van der Waals surface area contributed by atoms with Gasteiger partial charge in [0, 0.05) is 23.4 Å². The summed E-state index contributed by atoms with van der Waals surface area (Å²) in [4.78, 5) is 30.3. The van der Waals surface area contributed by atoms with Gasteiger partial charge in [-0.1, -0.05) is 0 Å². The molecule has 8 nitrogen and oxygen atoms in total. The lowest BCUT2D eigenvalue weighted by Crippen LogP contribution is -2.43. The van der Waals surface area contributed by atoms with Crippen molar-refractivity contribution in [3.8, 4) is 11.6 Å². The van der Waals surface area contributed by atoms with Crippen LogP contribution in [0.1, 0.15) is 51.6 Å². The van der Waals surface area contributed by atoms with Crippen LogP contribution in [-0.2, 0) is 9.53 Å². The summed E-state index contributed by atoms with van der Waals surface area (Å²) in [6.07, 6.45) is 1.21. The Kier molecular flexibility index (Phi) is 5.41. The molecule has 0 bridgehead atoms. The zero-order chi connectivity index (χ0) is 22.3. The molecule has 2 atom stereocenters. The molecule has 31 heavy (non-hydrogen) atoms. The topological polar surface area (TPSA) is 98.2 Å². The molecule has 2 aliphatic rings. The molecule has 1 saturated carbocycles. The van der Waals surface area contributed by atoms with Crippen LogP contribution in [0.25, 0.3) is 10.8 Å². The van der Waals surface area contributed by atoms with Gasteiger partial charge in [0.2, 0.25) is 5.88 Å². The first-order valence-electron chi connectivity index (χ1n) is 10.5. The van der Waals surface area contributed by atoms with Crippen LogP contribution >= 0.6 is 0 Å². The van der Waals surface area contributed by atoms with E-state index in [1.165, 1.54) is 4.90 Å². The number of aromatic nitrogens is 1. The zero-order valence-electron chi connectivity index (χ0n) is 18.3. The average Bonchev–Trinajstić information content (AvgIpc) is 3.45. The van der Waals surface area contributed by atoms with Crippen molar-refractivity contribution in [3.63, 3.8) is 0 Å². The summed E-state index contributed by atoms with van der Waals surface area (Å²) in [6.45, 7) is 5.37. The van der Waals surface area contributed by atoms with E-state index >= 15 is 0 Å². The lowest BCUT2D eigenvalue weighted by atomic mass is 10.1. The molecule has 4 rings (SSSR count). The van der Waals surface area contributed by atoms with Crippen molar-refractivity contribution >= 4 is 22.8 Å². The summed E-state index contributed by atoms with van der Waals surface area (Å²) in [7, 11) is 1.62. The standard InChI is InChI=1S/C23H28N2O6/c1-23(2,3)31-22(28)25-12-16(11-19(25)21(26)27)30-20-17-8-7-15(29-4)9-14(17)10-18(24-20)13-5-6-13/h7-10,13,16,19H,5-6,11-12H2,1-4H3,(H,26,27). The van der Waals surface area contributed by atoms with Crippen LogP contribution in [0.15, 0.2) is 24.3 Å². The number of carboxylic acid groups (broad SMARTS) is 1. The first-order chi connectivity index (χ1) is 14.6. The highest BCUT2D eigenvalue weighted by atomic mass is 16.6. The average molecular weight is 428 g/mol. The molecule has 1 aromatic carbocycles. The number of nitrogens with zero attached hydrogens (tertiary/aromatic N) is 2. The number of fused-ring (bicyclic) bond motifs is 1. The minimum absolute atomic E-state index is 0.124. The first kappa shape index (κ1) is 21.2. The molecule has 2 unspecified atom stereocenters. The number of hydrogen-bond acceptors (Lipinski definition) is 6. The number of carbonyl (C=O) groups is 2. The Balaban J connectivity index is 1.61. The fraction of sp³-hybridized carbons (Fsp3) is 0.522. The van der Waals surface area contributed by atoms with E-state index in [0.29, 0.717) is 11.8 Å². The van der Waals surface area contributed by atoms with E-state index in [1.807, 2.05) is 18.2 Å². The summed E-state index contributed by atoms with van der Waals surface area (Å²) in [5.74, 6) is 0.550. The predicted molar refractivity (Wildman–Crippen MR) is 114 cm³/mol. The smallest absolute Gasteiger partial charge is 0.411 e. The van der Waals surface area contributed by atoms with Crippen LogP contribution in [0, 0.1) is 0 Å². The number of carboxylic acids is 1. The van der Waals surface area contributed by atoms with E-state index < -0.39 is 29.8 Å². The summed E-state index contributed by atoms with van der Waals surface area (Å²) >= 11 is 0. The summed E-state index contributed by atoms with van der Waals surface area (Å²) in [5, 5.41) is 11.4. The Hall–Kier alpha value is -3.03. The molecule has 1 aliphatic carbocycles. The van der Waals surface area contributed by atoms with Gasteiger partial charge in [0.1, 0.15) is 23.5 Å². The van der Waals surface area contributed by atoms with E-state index in [4.69, 9.17) is 19.2 Å². The quantitative estimate of drug-likeness (QED) is 0.770. The SMILES string of the molecule is COc1ccc2c(OC3CC(C(=O)O)N(C(=O)OC(C)(C)C)C3)nc(C3CC3)cc2c1. The van der Waals surface area contributed by atoms with Gasteiger partial charge in [0.15, 0.2) is 0 Å². The van der Waals surface area contributed by atoms with Crippen LogP contribution in [0.4, 0.5) is 4.79 Å². The van der Waals surface area contributed by atoms with Crippen LogP contribution in [0.3, 0.4) is 0 Å². The van der Waals surface area contributed by atoms with Crippen molar-refractivity contribution in [1.29, 1.82) is 0 Å². The second kappa shape index (κ2) is 7.90. The van der Waals surface area contributed by atoms with Crippen LogP contribution in [0.2, 0.25) is 0 Å². The fourth-order valence-corrected chi connectivity index (χ4v) is 3.83. The summed E-state index contributed by atoms with van der Waals surface area (Å²) in [5.41, 5.74) is 0.252. The van der Waals surface area contributed by atoms with E-state index in [1.54, 1.807) is 27.9 Å². The molecule has 1 aromatic heterocycles. The monoisotopic (exact) mass is 428 g/mol.